The third-order valence-corrected chi connectivity index (χ3v) is 2.66. The standard InChI is InChI=1S/C15H22N2O4/c1-15(2,3)21-14(20)17-12(4-5-13(18)19)10-11-6-8-16-9-7-11/h6-9,12H,4-5,10H2,1-3H3,(H,17,20)(H,18,19). The van der Waals surface area contributed by atoms with Crippen LogP contribution >= 0.6 is 0 Å². The number of amides is 1. The Morgan fingerprint density at radius 3 is 2.48 bits per heavy atom. The summed E-state index contributed by atoms with van der Waals surface area (Å²) in [6.45, 7) is 5.34. The van der Waals surface area contributed by atoms with Gasteiger partial charge in [0.2, 0.25) is 0 Å². The first kappa shape index (κ1) is 16.9. The molecule has 0 aliphatic rings. The summed E-state index contributed by atoms with van der Waals surface area (Å²) in [5, 5.41) is 11.5. The van der Waals surface area contributed by atoms with Crippen molar-refractivity contribution >= 4 is 12.1 Å². The monoisotopic (exact) mass is 294 g/mol. The summed E-state index contributed by atoms with van der Waals surface area (Å²) in [4.78, 5) is 26.5. The van der Waals surface area contributed by atoms with Gasteiger partial charge in [-0.3, -0.25) is 9.78 Å². The van der Waals surface area contributed by atoms with Crippen LogP contribution in [0.2, 0.25) is 0 Å². The molecule has 0 fully saturated rings. The van der Waals surface area contributed by atoms with Gasteiger partial charge in [0.15, 0.2) is 0 Å². The fourth-order valence-corrected chi connectivity index (χ4v) is 1.80. The van der Waals surface area contributed by atoms with Crippen LogP contribution in [0.5, 0.6) is 0 Å². The molecule has 1 atom stereocenters. The van der Waals surface area contributed by atoms with Crippen molar-refractivity contribution in [2.45, 2.75) is 51.7 Å². The lowest BCUT2D eigenvalue weighted by Gasteiger charge is -2.23. The molecule has 1 amide bonds. The molecule has 6 heteroatoms. The number of ether oxygens (including phenoxy) is 1. The summed E-state index contributed by atoms with van der Waals surface area (Å²) in [7, 11) is 0. The van der Waals surface area contributed by atoms with E-state index in [0.717, 1.165) is 5.56 Å². The number of pyridine rings is 1. The molecule has 0 radical (unpaired) electrons. The van der Waals surface area contributed by atoms with E-state index in [0.29, 0.717) is 12.8 Å². The highest BCUT2D eigenvalue weighted by atomic mass is 16.6. The van der Waals surface area contributed by atoms with Crippen LogP contribution in [0.15, 0.2) is 24.5 Å². The molecule has 0 aliphatic carbocycles. The Morgan fingerprint density at radius 1 is 1.33 bits per heavy atom. The maximum atomic E-state index is 11.8. The highest BCUT2D eigenvalue weighted by Gasteiger charge is 2.20. The van der Waals surface area contributed by atoms with E-state index in [1.807, 2.05) is 12.1 Å². The Kier molecular flexibility index (Phi) is 6.14. The van der Waals surface area contributed by atoms with E-state index >= 15 is 0 Å². The molecule has 0 bridgehead atoms. The largest absolute Gasteiger partial charge is 0.481 e. The number of nitrogens with zero attached hydrogens (tertiary/aromatic N) is 1. The van der Waals surface area contributed by atoms with E-state index in [2.05, 4.69) is 10.3 Å². The Labute approximate surface area is 124 Å². The zero-order chi connectivity index (χ0) is 15.9. The summed E-state index contributed by atoms with van der Waals surface area (Å²) in [6, 6.07) is 3.38. The van der Waals surface area contributed by atoms with Gasteiger partial charge in [0.05, 0.1) is 0 Å². The van der Waals surface area contributed by atoms with Crippen LogP contribution in [0.1, 0.15) is 39.2 Å². The Balaban J connectivity index is 2.63. The third kappa shape index (κ3) is 7.91. The number of aliphatic carboxylic acids is 1. The predicted octanol–water partition coefficient (Wildman–Crippen LogP) is 2.38. The zero-order valence-electron chi connectivity index (χ0n) is 12.6. The van der Waals surface area contributed by atoms with Crippen molar-refractivity contribution in [3.63, 3.8) is 0 Å². The van der Waals surface area contributed by atoms with Gasteiger partial charge in [-0.15, -0.1) is 0 Å². The second-order valence-corrected chi connectivity index (χ2v) is 5.84. The predicted molar refractivity (Wildman–Crippen MR) is 78.0 cm³/mol. The molecule has 0 spiro atoms. The van der Waals surface area contributed by atoms with Crippen LogP contribution in [0, 0.1) is 0 Å². The van der Waals surface area contributed by atoms with Gasteiger partial charge in [-0.25, -0.2) is 4.79 Å². The van der Waals surface area contributed by atoms with Gasteiger partial charge in [0.25, 0.3) is 0 Å². The van der Waals surface area contributed by atoms with Crippen molar-refractivity contribution in [3.05, 3.63) is 30.1 Å². The van der Waals surface area contributed by atoms with Crippen molar-refractivity contribution in [2.24, 2.45) is 0 Å². The molecule has 6 nitrogen and oxygen atoms in total. The summed E-state index contributed by atoms with van der Waals surface area (Å²) in [5.41, 5.74) is 0.398. The first-order chi connectivity index (χ1) is 9.76. The number of alkyl carbamates (subject to hydrolysis) is 1. The number of carboxylic acid groups (broad SMARTS) is 1. The molecule has 1 rings (SSSR count). The molecule has 21 heavy (non-hydrogen) atoms. The number of carbonyl (C=O) groups excluding carboxylic acids is 1. The Morgan fingerprint density at radius 2 is 1.95 bits per heavy atom. The SMILES string of the molecule is CC(C)(C)OC(=O)NC(CCC(=O)O)Cc1ccncc1. The quantitative estimate of drug-likeness (QED) is 0.841. The van der Waals surface area contributed by atoms with Gasteiger partial charge in [0, 0.05) is 24.9 Å². The van der Waals surface area contributed by atoms with Crippen molar-refractivity contribution < 1.29 is 19.4 Å². The molecule has 1 heterocycles. The molecule has 0 saturated carbocycles. The Hall–Kier alpha value is -2.11. The summed E-state index contributed by atoms with van der Waals surface area (Å²) in [5.74, 6) is -0.888. The van der Waals surface area contributed by atoms with E-state index in [4.69, 9.17) is 9.84 Å². The lowest BCUT2D eigenvalue weighted by molar-refractivity contribution is -0.137. The zero-order valence-corrected chi connectivity index (χ0v) is 12.6. The van der Waals surface area contributed by atoms with Crippen molar-refractivity contribution in [3.8, 4) is 0 Å². The molecule has 0 saturated heterocycles. The maximum Gasteiger partial charge on any atom is 0.407 e. The van der Waals surface area contributed by atoms with E-state index < -0.39 is 17.7 Å². The number of hydrogen-bond acceptors (Lipinski definition) is 4. The molecular formula is C15H22N2O4. The van der Waals surface area contributed by atoms with Gasteiger partial charge in [-0.2, -0.15) is 0 Å². The van der Waals surface area contributed by atoms with Crippen LogP contribution in [0.25, 0.3) is 0 Å². The van der Waals surface area contributed by atoms with Gasteiger partial charge in [0.1, 0.15) is 5.60 Å². The molecular weight excluding hydrogens is 272 g/mol. The molecule has 1 aromatic heterocycles. The van der Waals surface area contributed by atoms with E-state index in [1.54, 1.807) is 33.2 Å². The van der Waals surface area contributed by atoms with E-state index in [1.165, 1.54) is 0 Å². The van der Waals surface area contributed by atoms with Gasteiger partial charge in [-0.1, -0.05) is 0 Å². The normalized spacial score (nSPS) is 12.5. The van der Waals surface area contributed by atoms with Crippen LogP contribution in [-0.2, 0) is 16.0 Å². The molecule has 0 aromatic carbocycles. The highest BCUT2D eigenvalue weighted by molar-refractivity contribution is 5.69. The van der Waals surface area contributed by atoms with E-state index in [-0.39, 0.29) is 12.5 Å². The summed E-state index contributed by atoms with van der Waals surface area (Å²) in [6.07, 6.45) is 3.66. The third-order valence-electron chi connectivity index (χ3n) is 2.66. The minimum absolute atomic E-state index is 0.00838. The smallest absolute Gasteiger partial charge is 0.407 e. The van der Waals surface area contributed by atoms with Crippen LogP contribution in [-0.4, -0.2) is 33.8 Å². The average Bonchev–Trinajstić information content (AvgIpc) is 2.34. The number of rotatable bonds is 6. The fraction of sp³-hybridized carbons (Fsp3) is 0.533. The Bertz CT molecular complexity index is 468. The van der Waals surface area contributed by atoms with Gasteiger partial charge < -0.3 is 15.2 Å². The fourth-order valence-electron chi connectivity index (χ4n) is 1.80. The van der Waals surface area contributed by atoms with Crippen molar-refractivity contribution in [2.75, 3.05) is 0 Å². The summed E-state index contributed by atoms with van der Waals surface area (Å²) >= 11 is 0. The minimum Gasteiger partial charge on any atom is -0.481 e. The molecule has 1 unspecified atom stereocenters. The van der Waals surface area contributed by atoms with Crippen molar-refractivity contribution in [1.29, 1.82) is 0 Å². The number of nitrogens with one attached hydrogen (secondary N) is 1. The maximum absolute atomic E-state index is 11.8. The number of carbonyl (C=O) groups is 2. The van der Waals surface area contributed by atoms with Crippen molar-refractivity contribution in [1.82, 2.24) is 10.3 Å². The second-order valence-electron chi connectivity index (χ2n) is 5.84. The molecule has 2 N–H and O–H groups in total. The van der Waals surface area contributed by atoms with Crippen LogP contribution in [0.3, 0.4) is 0 Å². The molecule has 1 aromatic rings. The van der Waals surface area contributed by atoms with Gasteiger partial charge >= 0.3 is 12.1 Å². The lowest BCUT2D eigenvalue weighted by Crippen LogP contribution is -2.40. The first-order valence-electron chi connectivity index (χ1n) is 6.86. The number of aromatic nitrogens is 1. The minimum atomic E-state index is -0.888. The van der Waals surface area contributed by atoms with E-state index in [9.17, 15) is 9.59 Å². The lowest BCUT2D eigenvalue weighted by atomic mass is 10.0. The second kappa shape index (κ2) is 7.61. The van der Waals surface area contributed by atoms with Crippen LogP contribution in [0.4, 0.5) is 4.79 Å². The topological polar surface area (TPSA) is 88.5 Å². The number of hydrogen-bond donors (Lipinski definition) is 2. The molecule has 116 valence electrons. The average molecular weight is 294 g/mol. The van der Waals surface area contributed by atoms with Crippen LogP contribution < -0.4 is 5.32 Å². The molecule has 0 aliphatic heterocycles. The van der Waals surface area contributed by atoms with Gasteiger partial charge in [-0.05, 0) is 51.3 Å². The summed E-state index contributed by atoms with van der Waals surface area (Å²) < 4.78 is 5.20. The first-order valence-corrected chi connectivity index (χ1v) is 6.86. The number of carboxylic acids is 1. The highest BCUT2D eigenvalue weighted by Crippen LogP contribution is 2.10.